The van der Waals surface area contributed by atoms with Crippen LogP contribution in [0.5, 0.6) is 5.75 Å². The molecule has 0 saturated carbocycles. The summed E-state index contributed by atoms with van der Waals surface area (Å²) in [7, 11) is 0. The molecule has 0 N–H and O–H groups in total. The summed E-state index contributed by atoms with van der Waals surface area (Å²) in [6, 6.07) is 17.6. The second-order valence-corrected chi connectivity index (χ2v) is 4.76. The summed E-state index contributed by atoms with van der Waals surface area (Å²) in [5.41, 5.74) is 3.19. The predicted molar refractivity (Wildman–Crippen MR) is 75.5 cm³/mol. The number of hydrogen-bond donors (Lipinski definition) is 0. The number of ether oxygens (including phenoxy) is 2. The Kier molecular flexibility index (Phi) is 3.67. The van der Waals surface area contributed by atoms with Gasteiger partial charge in [-0.05, 0) is 41.8 Å². The van der Waals surface area contributed by atoms with Crippen molar-refractivity contribution in [2.45, 2.75) is 12.5 Å². The first-order chi connectivity index (χ1) is 9.86. The maximum absolute atomic E-state index is 8.76. The minimum absolute atomic E-state index is 0.0180. The third-order valence-corrected chi connectivity index (χ3v) is 3.48. The fraction of sp³-hybridized carbons (Fsp3) is 0.235. The van der Waals surface area contributed by atoms with Crippen molar-refractivity contribution in [3.05, 3.63) is 65.2 Å². The van der Waals surface area contributed by atoms with E-state index in [4.69, 9.17) is 14.7 Å². The number of fused-ring (bicyclic) bond motifs is 1. The summed E-state index contributed by atoms with van der Waals surface area (Å²) >= 11 is 0. The van der Waals surface area contributed by atoms with E-state index >= 15 is 0 Å². The quantitative estimate of drug-likeness (QED) is 0.855. The number of nitriles is 1. The monoisotopic (exact) mass is 265 g/mol. The van der Waals surface area contributed by atoms with E-state index in [1.54, 1.807) is 12.1 Å². The van der Waals surface area contributed by atoms with Crippen molar-refractivity contribution >= 4 is 0 Å². The van der Waals surface area contributed by atoms with E-state index in [9.17, 15) is 0 Å². The zero-order chi connectivity index (χ0) is 13.8. The van der Waals surface area contributed by atoms with Crippen molar-refractivity contribution in [3.63, 3.8) is 0 Å². The average Bonchev–Trinajstić information content (AvgIpc) is 2.53. The fourth-order valence-corrected chi connectivity index (χ4v) is 2.41. The van der Waals surface area contributed by atoms with E-state index in [1.807, 2.05) is 18.2 Å². The van der Waals surface area contributed by atoms with Crippen LogP contribution in [0, 0.1) is 11.3 Å². The van der Waals surface area contributed by atoms with Gasteiger partial charge in [0, 0.05) is 0 Å². The minimum Gasteiger partial charge on any atom is -0.491 e. The Morgan fingerprint density at radius 2 is 1.95 bits per heavy atom. The molecule has 1 unspecified atom stereocenters. The summed E-state index contributed by atoms with van der Waals surface area (Å²) < 4.78 is 11.6. The first-order valence-corrected chi connectivity index (χ1v) is 6.69. The fourth-order valence-electron chi connectivity index (χ4n) is 2.41. The lowest BCUT2D eigenvalue weighted by Crippen LogP contribution is -2.21. The molecule has 3 heteroatoms. The zero-order valence-electron chi connectivity index (χ0n) is 11.1. The molecule has 1 aliphatic rings. The second-order valence-electron chi connectivity index (χ2n) is 4.76. The normalized spacial score (nSPS) is 17.1. The van der Waals surface area contributed by atoms with E-state index in [2.05, 4.69) is 24.3 Å². The van der Waals surface area contributed by atoms with Gasteiger partial charge in [-0.25, -0.2) is 0 Å². The van der Waals surface area contributed by atoms with Gasteiger partial charge in [0.15, 0.2) is 0 Å². The lowest BCUT2D eigenvalue weighted by Gasteiger charge is -2.26. The lowest BCUT2D eigenvalue weighted by molar-refractivity contribution is 0.0102. The van der Waals surface area contributed by atoms with Crippen molar-refractivity contribution in [2.75, 3.05) is 13.2 Å². The molecule has 2 aromatic carbocycles. The molecule has 1 aliphatic heterocycles. The Morgan fingerprint density at radius 3 is 2.75 bits per heavy atom. The van der Waals surface area contributed by atoms with Crippen molar-refractivity contribution in [2.24, 2.45) is 0 Å². The van der Waals surface area contributed by atoms with E-state index < -0.39 is 0 Å². The van der Waals surface area contributed by atoms with Crippen molar-refractivity contribution in [3.8, 4) is 11.8 Å². The maximum atomic E-state index is 8.76. The summed E-state index contributed by atoms with van der Waals surface area (Å²) in [5.74, 6) is 0.760. The molecule has 100 valence electrons. The Hall–Kier alpha value is -2.31. The number of benzene rings is 2. The molecule has 1 atom stereocenters. The van der Waals surface area contributed by atoms with Crippen LogP contribution in [0.15, 0.2) is 48.5 Å². The van der Waals surface area contributed by atoms with Gasteiger partial charge in [0.1, 0.15) is 18.5 Å². The molecule has 0 aliphatic carbocycles. The van der Waals surface area contributed by atoms with Crippen LogP contribution < -0.4 is 4.74 Å². The topological polar surface area (TPSA) is 42.2 Å². The predicted octanol–water partition coefficient (Wildman–Crippen LogP) is 3.25. The Bertz CT molecular complexity index is 628. The zero-order valence-corrected chi connectivity index (χ0v) is 11.1. The van der Waals surface area contributed by atoms with Crippen LogP contribution >= 0.6 is 0 Å². The molecule has 0 saturated heterocycles. The maximum Gasteiger partial charge on any atom is 0.119 e. The van der Waals surface area contributed by atoms with Gasteiger partial charge in [-0.3, -0.25) is 0 Å². The van der Waals surface area contributed by atoms with Gasteiger partial charge in [0.25, 0.3) is 0 Å². The molecule has 3 rings (SSSR count). The summed E-state index contributed by atoms with van der Waals surface area (Å²) in [5, 5.41) is 8.76. The molecule has 20 heavy (non-hydrogen) atoms. The van der Waals surface area contributed by atoms with Crippen LogP contribution in [0.25, 0.3) is 0 Å². The van der Waals surface area contributed by atoms with Crippen LogP contribution in [-0.2, 0) is 11.2 Å². The smallest absolute Gasteiger partial charge is 0.119 e. The van der Waals surface area contributed by atoms with Crippen LogP contribution in [0.4, 0.5) is 0 Å². The van der Waals surface area contributed by atoms with Crippen molar-refractivity contribution < 1.29 is 9.47 Å². The molecule has 0 radical (unpaired) electrons. The second kappa shape index (κ2) is 5.77. The first-order valence-electron chi connectivity index (χ1n) is 6.69. The standard InChI is InChI=1S/C17H15NO2/c18-11-13-5-7-15(8-6-13)20-12-17-16-4-2-1-3-14(16)9-10-19-17/h1-8,17H,9-10,12H2. The molecular weight excluding hydrogens is 250 g/mol. The first kappa shape index (κ1) is 12.7. The molecule has 2 aromatic rings. The summed E-state index contributed by atoms with van der Waals surface area (Å²) in [6.45, 7) is 1.22. The van der Waals surface area contributed by atoms with E-state index in [0.29, 0.717) is 12.2 Å². The molecule has 3 nitrogen and oxygen atoms in total. The number of nitrogens with zero attached hydrogens (tertiary/aromatic N) is 1. The van der Waals surface area contributed by atoms with E-state index in [-0.39, 0.29) is 6.10 Å². The lowest BCUT2D eigenvalue weighted by atomic mass is 9.98. The van der Waals surface area contributed by atoms with E-state index in [1.165, 1.54) is 11.1 Å². The van der Waals surface area contributed by atoms with Crippen LogP contribution in [0.3, 0.4) is 0 Å². The highest BCUT2D eigenvalue weighted by molar-refractivity contribution is 5.35. The summed E-state index contributed by atoms with van der Waals surface area (Å²) in [6.07, 6.45) is 0.944. The Labute approximate surface area is 118 Å². The van der Waals surface area contributed by atoms with Gasteiger partial charge in [-0.1, -0.05) is 24.3 Å². The number of rotatable bonds is 3. The highest BCUT2D eigenvalue weighted by Gasteiger charge is 2.20. The Morgan fingerprint density at radius 1 is 1.15 bits per heavy atom. The highest BCUT2D eigenvalue weighted by atomic mass is 16.5. The summed E-state index contributed by atoms with van der Waals surface area (Å²) in [4.78, 5) is 0. The number of hydrogen-bond acceptors (Lipinski definition) is 3. The molecule has 0 bridgehead atoms. The molecule has 1 heterocycles. The minimum atomic E-state index is -0.0180. The van der Waals surface area contributed by atoms with Gasteiger partial charge in [0.05, 0.1) is 18.2 Å². The molecule has 0 aromatic heterocycles. The van der Waals surface area contributed by atoms with Crippen molar-refractivity contribution in [1.29, 1.82) is 5.26 Å². The van der Waals surface area contributed by atoms with Crippen LogP contribution in [0.2, 0.25) is 0 Å². The third kappa shape index (κ3) is 2.66. The Balaban J connectivity index is 1.68. The highest BCUT2D eigenvalue weighted by Crippen LogP contribution is 2.27. The van der Waals surface area contributed by atoms with E-state index in [0.717, 1.165) is 18.8 Å². The van der Waals surface area contributed by atoms with Gasteiger partial charge >= 0.3 is 0 Å². The molecule has 0 fully saturated rings. The largest absolute Gasteiger partial charge is 0.491 e. The molecular formula is C17H15NO2. The van der Waals surface area contributed by atoms with Crippen molar-refractivity contribution in [1.82, 2.24) is 0 Å². The van der Waals surface area contributed by atoms with Gasteiger partial charge in [-0.2, -0.15) is 5.26 Å². The van der Waals surface area contributed by atoms with Crippen LogP contribution in [-0.4, -0.2) is 13.2 Å². The molecule has 0 spiro atoms. The van der Waals surface area contributed by atoms with Gasteiger partial charge in [0.2, 0.25) is 0 Å². The molecule has 0 amide bonds. The SMILES string of the molecule is N#Cc1ccc(OCC2OCCc3ccccc32)cc1. The van der Waals surface area contributed by atoms with Crippen LogP contribution in [0.1, 0.15) is 22.8 Å². The third-order valence-electron chi connectivity index (χ3n) is 3.48. The average molecular weight is 265 g/mol. The van der Waals surface area contributed by atoms with Gasteiger partial charge in [-0.15, -0.1) is 0 Å². The van der Waals surface area contributed by atoms with Gasteiger partial charge < -0.3 is 9.47 Å².